The summed E-state index contributed by atoms with van der Waals surface area (Å²) in [6.07, 6.45) is 2.05. The van der Waals surface area contributed by atoms with Crippen LogP contribution in [-0.2, 0) is 17.9 Å². The van der Waals surface area contributed by atoms with Crippen molar-refractivity contribution >= 4 is 28.5 Å². The van der Waals surface area contributed by atoms with Gasteiger partial charge in [-0.2, -0.15) is 0 Å². The van der Waals surface area contributed by atoms with Crippen molar-refractivity contribution in [1.82, 2.24) is 24.3 Å². The number of imidazole rings is 1. The summed E-state index contributed by atoms with van der Waals surface area (Å²) >= 11 is 6.10. The van der Waals surface area contributed by atoms with Gasteiger partial charge in [0.25, 0.3) is 0 Å². The summed E-state index contributed by atoms with van der Waals surface area (Å²) in [4.78, 5) is 25.2. The zero-order valence-electron chi connectivity index (χ0n) is 20.0. The summed E-state index contributed by atoms with van der Waals surface area (Å²) in [5.41, 5.74) is 3.36. The lowest BCUT2D eigenvalue weighted by Gasteiger charge is -2.38. The van der Waals surface area contributed by atoms with Crippen LogP contribution in [0.4, 0.5) is 0 Å². The molecule has 3 aromatic rings. The Bertz CT molecular complexity index is 1120. The fourth-order valence-electron chi connectivity index (χ4n) is 5.34. The van der Waals surface area contributed by atoms with E-state index in [9.17, 15) is 4.79 Å². The van der Waals surface area contributed by atoms with Crippen LogP contribution >= 0.6 is 11.6 Å². The van der Waals surface area contributed by atoms with Crippen LogP contribution in [0.1, 0.15) is 31.2 Å². The Hall–Kier alpha value is -2.41. The molecule has 2 aliphatic rings. The predicted molar refractivity (Wildman–Crippen MR) is 137 cm³/mol. The number of benzene rings is 2. The standard InChI is InChI=1S/C27H34ClN5O/c1-2-30-14-16-32(17-15-30)27(34)22-6-5-13-31(19-22)20-26-29-24-7-3-4-8-25(24)33(26)18-21-9-11-23(28)12-10-21/h3-4,7-12,22H,2,5-6,13-20H2,1H3/t22-/m1/s1. The topological polar surface area (TPSA) is 44.6 Å². The summed E-state index contributed by atoms with van der Waals surface area (Å²) in [6, 6.07) is 16.4. The second-order valence-corrected chi connectivity index (χ2v) is 10.00. The van der Waals surface area contributed by atoms with Gasteiger partial charge in [0.1, 0.15) is 5.82 Å². The molecule has 0 spiro atoms. The molecule has 0 bridgehead atoms. The number of carbonyl (C=O) groups excluding carboxylic acids is 1. The SMILES string of the molecule is CCN1CCN(C(=O)[C@@H]2CCCN(Cc3nc4ccccc4n3Cc3ccc(Cl)cc3)C2)CC1. The lowest BCUT2D eigenvalue weighted by molar-refractivity contribution is -0.139. The smallest absolute Gasteiger partial charge is 0.227 e. The Labute approximate surface area is 207 Å². The van der Waals surface area contributed by atoms with E-state index in [4.69, 9.17) is 16.6 Å². The quantitative estimate of drug-likeness (QED) is 0.533. The first kappa shape index (κ1) is 23.3. The van der Waals surface area contributed by atoms with Crippen molar-refractivity contribution in [3.05, 3.63) is 64.9 Å². The highest BCUT2D eigenvalue weighted by atomic mass is 35.5. The van der Waals surface area contributed by atoms with Crippen molar-refractivity contribution in [3.63, 3.8) is 0 Å². The van der Waals surface area contributed by atoms with Gasteiger partial charge in [0.05, 0.1) is 23.5 Å². The molecular weight excluding hydrogens is 446 g/mol. The first-order valence-corrected chi connectivity index (χ1v) is 12.9. The zero-order chi connectivity index (χ0) is 23.5. The van der Waals surface area contributed by atoms with Gasteiger partial charge in [-0.15, -0.1) is 0 Å². The second kappa shape index (κ2) is 10.5. The largest absolute Gasteiger partial charge is 0.340 e. The molecule has 180 valence electrons. The van der Waals surface area contributed by atoms with Crippen LogP contribution in [-0.4, -0.2) is 76.0 Å². The average molecular weight is 480 g/mol. The van der Waals surface area contributed by atoms with Gasteiger partial charge in [-0.1, -0.05) is 42.8 Å². The molecule has 1 atom stereocenters. The maximum atomic E-state index is 13.3. The predicted octanol–water partition coefficient (Wildman–Crippen LogP) is 4.11. The highest BCUT2D eigenvalue weighted by Gasteiger charge is 2.31. The molecule has 0 aliphatic carbocycles. The summed E-state index contributed by atoms with van der Waals surface area (Å²) in [5.74, 6) is 1.49. The van der Waals surface area contributed by atoms with Crippen LogP contribution in [0.5, 0.6) is 0 Å². The van der Waals surface area contributed by atoms with Crippen LogP contribution in [0, 0.1) is 5.92 Å². The number of halogens is 1. The molecule has 3 heterocycles. The number of piperidine rings is 1. The molecule has 34 heavy (non-hydrogen) atoms. The third-order valence-electron chi connectivity index (χ3n) is 7.34. The minimum atomic E-state index is 0.0935. The maximum absolute atomic E-state index is 13.3. The van der Waals surface area contributed by atoms with Gasteiger partial charge in [0, 0.05) is 44.3 Å². The summed E-state index contributed by atoms with van der Waals surface area (Å²) in [6.45, 7) is 10.3. The monoisotopic (exact) mass is 479 g/mol. The highest BCUT2D eigenvalue weighted by molar-refractivity contribution is 6.30. The number of amides is 1. The van der Waals surface area contributed by atoms with E-state index >= 15 is 0 Å². The number of aromatic nitrogens is 2. The van der Waals surface area contributed by atoms with Crippen molar-refractivity contribution in [3.8, 4) is 0 Å². The molecule has 5 rings (SSSR count). The van der Waals surface area contributed by atoms with Gasteiger partial charge in [-0.25, -0.2) is 4.98 Å². The minimum Gasteiger partial charge on any atom is -0.340 e. The lowest BCUT2D eigenvalue weighted by Crippen LogP contribution is -2.52. The number of carbonyl (C=O) groups is 1. The van der Waals surface area contributed by atoms with E-state index in [0.717, 1.165) is 93.6 Å². The van der Waals surface area contributed by atoms with E-state index in [2.05, 4.69) is 56.5 Å². The molecule has 2 aliphatic heterocycles. The van der Waals surface area contributed by atoms with E-state index < -0.39 is 0 Å². The molecule has 6 nitrogen and oxygen atoms in total. The van der Waals surface area contributed by atoms with E-state index in [1.165, 1.54) is 5.56 Å². The number of nitrogens with zero attached hydrogens (tertiary/aromatic N) is 5. The molecule has 0 radical (unpaired) electrons. The van der Waals surface area contributed by atoms with Crippen molar-refractivity contribution in [1.29, 1.82) is 0 Å². The molecule has 0 saturated carbocycles. The van der Waals surface area contributed by atoms with E-state index in [0.29, 0.717) is 5.91 Å². The zero-order valence-corrected chi connectivity index (χ0v) is 20.8. The molecule has 2 aromatic carbocycles. The van der Waals surface area contributed by atoms with Crippen molar-refractivity contribution in [2.45, 2.75) is 32.9 Å². The van der Waals surface area contributed by atoms with Crippen LogP contribution in [0.2, 0.25) is 5.02 Å². The van der Waals surface area contributed by atoms with Crippen molar-refractivity contribution in [2.75, 3.05) is 45.8 Å². The van der Waals surface area contributed by atoms with Gasteiger partial charge >= 0.3 is 0 Å². The molecule has 7 heteroatoms. The first-order chi connectivity index (χ1) is 16.6. The van der Waals surface area contributed by atoms with Crippen LogP contribution < -0.4 is 0 Å². The number of para-hydroxylation sites is 2. The number of likely N-dealkylation sites (N-methyl/N-ethyl adjacent to an activating group) is 1. The molecule has 2 fully saturated rings. The summed E-state index contributed by atoms with van der Waals surface area (Å²) in [5, 5.41) is 0.750. The Morgan fingerprint density at radius 3 is 2.50 bits per heavy atom. The Kier molecular flexibility index (Phi) is 7.18. The molecule has 0 N–H and O–H groups in total. The maximum Gasteiger partial charge on any atom is 0.227 e. The average Bonchev–Trinajstić information content (AvgIpc) is 3.22. The highest BCUT2D eigenvalue weighted by Crippen LogP contribution is 2.24. The molecular formula is C27H34ClN5O. The molecule has 2 saturated heterocycles. The van der Waals surface area contributed by atoms with E-state index in [-0.39, 0.29) is 5.92 Å². The fourth-order valence-corrected chi connectivity index (χ4v) is 5.46. The molecule has 1 amide bonds. The van der Waals surface area contributed by atoms with Crippen LogP contribution in [0.15, 0.2) is 48.5 Å². The van der Waals surface area contributed by atoms with Crippen LogP contribution in [0.25, 0.3) is 11.0 Å². The van der Waals surface area contributed by atoms with Gasteiger partial charge < -0.3 is 14.4 Å². The Morgan fingerprint density at radius 1 is 0.971 bits per heavy atom. The second-order valence-electron chi connectivity index (χ2n) is 9.56. The third-order valence-corrected chi connectivity index (χ3v) is 7.59. The van der Waals surface area contributed by atoms with Gasteiger partial charge in [-0.05, 0) is 55.8 Å². The first-order valence-electron chi connectivity index (χ1n) is 12.5. The number of rotatable bonds is 6. The lowest BCUT2D eigenvalue weighted by atomic mass is 9.96. The van der Waals surface area contributed by atoms with Crippen molar-refractivity contribution in [2.24, 2.45) is 5.92 Å². The van der Waals surface area contributed by atoms with Crippen LogP contribution in [0.3, 0.4) is 0 Å². The van der Waals surface area contributed by atoms with Gasteiger partial charge in [-0.3, -0.25) is 9.69 Å². The Morgan fingerprint density at radius 2 is 1.74 bits per heavy atom. The number of fused-ring (bicyclic) bond motifs is 1. The minimum absolute atomic E-state index is 0.0935. The number of likely N-dealkylation sites (tertiary alicyclic amines) is 1. The summed E-state index contributed by atoms with van der Waals surface area (Å²) in [7, 11) is 0. The number of hydrogen-bond donors (Lipinski definition) is 0. The van der Waals surface area contributed by atoms with E-state index in [1.54, 1.807) is 0 Å². The Balaban J connectivity index is 1.30. The fraction of sp³-hybridized carbons (Fsp3) is 0.481. The number of hydrogen-bond acceptors (Lipinski definition) is 4. The van der Waals surface area contributed by atoms with E-state index in [1.807, 2.05) is 18.2 Å². The molecule has 0 unspecified atom stereocenters. The third kappa shape index (κ3) is 5.14. The summed E-state index contributed by atoms with van der Waals surface area (Å²) < 4.78 is 2.31. The molecule has 1 aromatic heterocycles. The van der Waals surface area contributed by atoms with Crippen molar-refractivity contribution < 1.29 is 4.79 Å². The van der Waals surface area contributed by atoms with Gasteiger partial charge in [0.2, 0.25) is 5.91 Å². The normalized spacial score (nSPS) is 20.2. The van der Waals surface area contributed by atoms with Gasteiger partial charge in [0.15, 0.2) is 0 Å². The number of piperazine rings is 1.